The molecule has 120 valence electrons. The number of amides is 2. The van der Waals surface area contributed by atoms with Crippen molar-refractivity contribution in [3.63, 3.8) is 0 Å². The Balaban J connectivity index is 1.79. The fraction of sp³-hybridized carbons (Fsp3) is 0.278. The molecule has 3 rings (SSSR count). The lowest BCUT2D eigenvalue weighted by Gasteiger charge is -2.25. The second-order valence-electron chi connectivity index (χ2n) is 5.72. The van der Waals surface area contributed by atoms with Gasteiger partial charge in [-0.15, -0.1) is 11.8 Å². The van der Waals surface area contributed by atoms with Crippen LogP contribution in [0.4, 0.5) is 14.9 Å². The van der Waals surface area contributed by atoms with Crippen LogP contribution in [0, 0.1) is 19.7 Å². The zero-order chi connectivity index (χ0) is 16.4. The molecule has 2 aromatic rings. The lowest BCUT2D eigenvalue weighted by molar-refractivity contribution is 0.214. The van der Waals surface area contributed by atoms with Crippen molar-refractivity contribution in [3.8, 4) is 0 Å². The average Bonchev–Trinajstić information content (AvgIpc) is 2.96. The van der Waals surface area contributed by atoms with Crippen molar-refractivity contribution in [1.29, 1.82) is 0 Å². The van der Waals surface area contributed by atoms with Gasteiger partial charge < -0.3 is 10.2 Å². The summed E-state index contributed by atoms with van der Waals surface area (Å²) in [6, 6.07) is 12.1. The molecule has 1 aliphatic heterocycles. The number of nitrogens with zero attached hydrogens (tertiary/aromatic N) is 1. The van der Waals surface area contributed by atoms with E-state index in [1.54, 1.807) is 23.9 Å². The monoisotopic (exact) mass is 330 g/mol. The lowest BCUT2D eigenvalue weighted by atomic mass is 10.1. The van der Waals surface area contributed by atoms with E-state index in [1.165, 1.54) is 23.3 Å². The summed E-state index contributed by atoms with van der Waals surface area (Å²) in [7, 11) is 0. The first kappa shape index (κ1) is 15.9. The van der Waals surface area contributed by atoms with E-state index in [2.05, 4.69) is 37.4 Å². The van der Waals surface area contributed by atoms with E-state index >= 15 is 0 Å². The third kappa shape index (κ3) is 3.50. The van der Waals surface area contributed by atoms with Crippen molar-refractivity contribution in [1.82, 2.24) is 4.90 Å². The molecule has 3 nitrogen and oxygen atoms in total. The standard InChI is InChI=1S/C18H19FN2OS/c1-12-6-7-16(13(2)10-12)17-21(8-9-23-17)18(22)20-15-5-3-4-14(19)11-15/h3-7,10-11,17H,8-9H2,1-2H3,(H,20,22). The van der Waals surface area contributed by atoms with Crippen LogP contribution in [0.25, 0.3) is 0 Å². The number of urea groups is 1. The molecule has 1 N–H and O–H groups in total. The number of anilines is 1. The third-order valence-corrected chi connectivity index (χ3v) is 5.16. The van der Waals surface area contributed by atoms with E-state index in [1.807, 2.05) is 4.90 Å². The number of rotatable bonds is 2. The summed E-state index contributed by atoms with van der Waals surface area (Å²) in [5.41, 5.74) is 4.04. The van der Waals surface area contributed by atoms with Crippen molar-refractivity contribution < 1.29 is 9.18 Å². The van der Waals surface area contributed by atoms with Crippen LogP contribution in [0.1, 0.15) is 22.1 Å². The van der Waals surface area contributed by atoms with E-state index in [9.17, 15) is 9.18 Å². The van der Waals surface area contributed by atoms with Gasteiger partial charge in [0.05, 0.1) is 0 Å². The molecule has 5 heteroatoms. The maximum atomic E-state index is 13.3. The van der Waals surface area contributed by atoms with Crippen LogP contribution in [-0.4, -0.2) is 23.2 Å². The summed E-state index contributed by atoms with van der Waals surface area (Å²) >= 11 is 1.76. The van der Waals surface area contributed by atoms with Gasteiger partial charge in [-0.1, -0.05) is 29.8 Å². The molecule has 1 unspecified atom stereocenters. The highest BCUT2D eigenvalue weighted by Crippen LogP contribution is 2.39. The molecule has 0 radical (unpaired) electrons. The van der Waals surface area contributed by atoms with Gasteiger partial charge in [0.15, 0.2) is 0 Å². The predicted molar refractivity (Wildman–Crippen MR) is 93.2 cm³/mol. The molecule has 0 aromatic heterocycles. The zero-order valence-corrected chi connectivity index (χ0v) is 14.0. The molecule has 0 saturated carbocycles. The molecule has 0 bridgehead atoms. The Morgan fingerprint density at radius 3 is 2.83 bits per heavy atom. The molecular formula is C18H19FN2OS. The normalized spacial score (nSPS) is 17.3. The van der Waals surface area contributed by atoms with Crippen LogP contribution >= 0.6 is 11.8 Å². The van der Waals surface area contributed by atoms with E-state index in [0.29, 0.717) is 12.2 Å². The van der Waals surface area contributed by atoms with Gasteiger partial charge in [-0.3, -0.25) is 0 Å². The fourth-order valence-electron chi connectivity index (χ4n) is 2.80. The van der Waals surface area contributed by atoms with Crippen LogP contribution in [-0.2, 0) is 0 Å². The SMILES string of the molecule is Cc1ccc(C2SCCN2C(=O)Nc2cccc(F)c2)c(C)c1. The van der Waals surface area contributed by atoms with Gasteiger partial charge in [0.25, 0.3) is 0 Å². The molecule has 2 aromatic carbocycles. The lowest BCUT2D eigenvalue weighted by Crippen LogP contribution is -2.34. The van der Waals surface area contributed by atoms with Crippen LogP contribution < -0.4 is 5.32 Å². The minimum atomic E-state index is -0.357. The molecule has 23 heavy (non-hydrogen) atoms. The highest BCUT2D eigenvalue weighted by Gasteiger charge is 2.31. The average molecular weight is 330 g/mol. The van der Waals surface area contributed by atoms with Crippen molar-refractivity contribution in [2.45, 2.75) is 19.2 Å². The van der Waals surface area contributed by atoms with Gasteiger partial charge >= 0.3 is 6.03 Å². The second-order valence-corrected chi connectivity index (χ2v) is 6.91. The largest absolute Gasteiger partial charge is 0.323 e. The summed E-state index contributed by atoms with van der Waals surface area (Å²) in [5.74, 6) is 0.540. The Labute approximate surface area is 139 Å². The maximum Gasteiger partial charge on any atom is 0.323 e. The second kappa shape index (κ2) is 6.62. The molecule has 0 aliphatic carbocycles. The Morgan fingerprint density at radius 2 is 2.09 bits per heavy atom. The summed E-state index contributed by atoms with van der Waals surface area (Å²) < 4.78 is 13.3. The summed E-state index contributed by atoms with van der Waals surface area (Å²) in [6.45, 7) is 4.82. The van der Waals surface area contributed by atoms with E-state index in [-0.39, 0.29) is 17.2 Å². The van der Waals surface area contributed by atoms with Crippen molar-refractivity contribution >= 4 is 23.5 Å². The topological polar surface area (TPSA) is 32.3 Å². The van der Waals surface area contributed by atoms with E-state index < -0.39 is 0 Å². The molecule has 1 saturated heterocycles. The summed E-state index contributed by atoms with van der Waals surface area (Å²) in [6.07, 6.45) is 0. The van der Waals surface area contributed by atoms with E-state index in [4.69, 9.17) is 0 Å². The number of aryl methyl sites for hydroxylation is 2. The first-order valence-electron chi connectivity index (χ1n) is 7.56. The number of halogens is 1. The molecule has 1 atom stereocenters. The van der Waals surface area contributed by atoms with Gasteiger partial charge in [0.1, 0.15) is 11.2 Å². The third-order valence-electron chi connectivity index (χ3n) is 3.92. The van der Waals surface area contributed by atoms with Gasteiger partial charge in [-0.05, 0) is 43.2 Å². The fourth-order valence-corrected chi connectivity index (χ4v) is 4.15. The Bertz CT molecular complexity index is 735. The zero-order valence-electron chi connectivity index (χ0n) is 13.2. The predicted octanol–water partition coefficient (Wildman–Crippen LogP) is 4.72. The number of carbonyl (C=O) groups excluding carboxylic acids is 1. The molecule has 1 heterocycles. The molecule has 1 aliphatic rings. The first-order valence-corrected chi connectivity index (χ1v) is 8.61. The Hall–Kier alpha value is -2.01. The van der Waals surface area contributed by atoms with Gasteiger partial charge in [0.2, 0.25) is 0 Å². The van der Waals surface area contributed by atoms with Crippen molar-refractivity contribution in [2.75, 3.05) is 17.6 Å². The van der Waals surface area contributed by atoms with Crippen molar-refractivity contribution in [2.24, 2.45) is 0 Å². The summed E-state index contributed by atoms with van der Waals surface area (Å²) in [5, 5.41) is 2.79. The smallest absolute Gasteiger partial charge is 0.308 e. The number of thioether (sulfide) groups is 1. The Kier molecular flexibility index (Phi) is 4.57. The number of hydrogen-bond donors (Lipinski definition) is 1. The van der Waals surface area contributed by atoms with Crippen molar-refractivity contribution in [3.05, 3.63) is 65.0 Å². The van der Waals surface area contributed by atoms with Crippen LogP contribution in [0.2, 0.25) is 0 Å². The highest BCUT2D eigenvalue weighted by molar-refractivity contribution is 7.99. The minimum absolute atomic E-state index is 0.00385. The molecule has 2 amide bonds. The van der Waals surface area contributed by atoms with Crippen LogP contribution in [0.15, 0.2) is 42.5 Å². The number of carbonyl (C=O) groups is 1. The van der Waals surface area contributed by atoms with Crippen LogP contribution in [0.5, 0.6) is 0 Å². The molecule has 1 fully saturated rings. The van der Waals surface area contributed by atoms with E-state index in [0.717, 1.165) is 11.3 Å². The molecule has 0 spiro atoms. The molecular weight excluding hydrogens is 311 g/mol. The Morgan fingerprint density at radius 1 is 1.26 bits per heavy atom. The minimum Gasteiger partial charge on any atom is -0.308 e. The van der Waals surface area contributed by atoms with Crippen LogP contribution in [0.3, 0.4) is 0 Å². The van der Waals surface area contributed by atoms with Gasteiger partial charge in [0, 0.05) is 18.0 Å². The first-order chi connectivity index (χ1) is 11.0. The number of nitrogens with one attached hydrogen (secondary N) is 1. The number of hydrogen-bond acceptors (Lipinski definition) is 2. The maximum absolute atomic E-state index is 13.3. The van der Waals surface area contributed by atoms with Gasteiger partial charge in [-0.2, -0.15) is 0 Å². The van der Waals surface area contributed by atoms with Gasteiger partial charge in [-0.25, -0.2) is 9.18 Å². The number of benzene rings is 2. The summed E-state index contributed by atoms with van der Waals surface area (Å²) in [4.78, 5) is 14.4. The highest BCUT2D eigenvalue weighted by atomic mass is 32.2. The quantitative estimate of drug-likeness (QED) is 0.864.